The molecule has 0 spiro atoms. The third kappa shape index (κ3) is 26.0. The van der Waals surface area contributed by atoms with Crippen molar-refractivity contribution in [1.29, 1.82) is 0 Å². The maximum absolute atomic E-state index is 2.21. The van der Waals surface area contributed by atoms with Crippen LogP contribution >= 0.6 is 0 Å². The summed E-state index contributed by atoms with van der Waals surface area (Å²) in [5.74, 6) is 0. The Labute approximate surface area is 72.7 Å². The molecule has 0 heteroatoms. The van der Waals surface area contributed by atoms with Gasteiger partial charge in [-0.2, -0.15) is 0 Å². The highest BCUT2D eigenvalue weighted by Gasteiger charge is 1.68. The van der Waals surface area contributed by atoms with Crippen LogP contribution in [-0.2, 0) is 0 Å². The smallest absolute Gasteiger partial charge is 0.0353 e. The van der Waals surface area contributed by atoms with Gasteiger partial charge in [0.05, 0.1) is 0 Å². The van der Waals surface area contributed by atoms with Crippen molar-refractivity contribution in [2.24, 2.45) is 0 Å². The summed E-state index contributed by atoms with van der Waals surface area (Å²) in [7, 11) is 0. The quantitative estimate of drug-likeness (QED) is 0.523. The lowest BCUT2D eigenvalue weighted by molar-refractivity contribution is 0.772. The van der Waals surface area contributed by atoms with Crippen molar-refractivity contribution in [1.82, 2.24) is 0 Å². The van der Waals surface area contributed by atoms with Crippen LogP contribution < -0.4 is 0 Å². The van der Waals surface area contributed by atoms with Gasteiger partial charge >= 0.3 is 0 Å². The van der Waals surface area contributed by atoms with Crippen molar-refractivity contribution in [2.75, 3.05) is 0 Å². The maximum atomic E-state index is 2.21. The van der Waals surface area contributed by atoms with E-state index in [1.54, 1.807) is 0 Å². The highest BCUT2D eigenvalue weighted by molar-refractivity contribution is 4.75. The Kier molecular flexibility index (Phi) is 19.9. The van der Waals surface area contributed by atoms with E-state index in [0.29, 0.717) is 0 Å². The maximum Gasteiger partial charge on any atom is -0.0353 e. The molecule has 0 N–H and O–H groups in total. The van der Waals surface area contributed by atoms with Gasteiger partial charge in [0.25, 0.3) is 0 Å². The molecule has 68 valence electrons. The lowest BCUT2D eigenvalue weighted by Crippen LogP contribution is -1.59. The summed E-state index contributed by atoms with van der Waals surface area (Å²) in [5, 5.41) is 0. The molecule has 0 unspecified atom stereocenters. The van der Waals surface area contributed by atoms with Gasteiger partial charge in [0.2, 0.25) is 0 Å². The summed E-state index contributed by atoms with van der Waals surface area (Å²) in [6, 6.07) is 0. The van der Waals surface area contributed by atoms with E-state index in [9.17, 15) is 0 Å². The topological polar surface area (TPSA) is 0 Å². The highest BCUT2D eigenvalue weighted by Crippen LogP contribution is 1.88. The Bertz CT molecular complexity index is 60.4. The molecule has 0 amide bonds. The first kappa shape index (κ1) is 13.3. The standard InChI is InChI=1S/C6H12.C5H12/c1-3-5-6-4-2;1-3-5-4-2/h3,5H,4,6H2,1-2H3;3-5H2,1-2H3/b5-3+;. The van der Waals surface area contributed by atoms with Gasteiger partial charge < -0.3 is 0 Å². The molecule has 0 aromatic carbocycles. The van der Waals surface area contributed by atoms with E-state index >= 15 is 0 Å². The van der Waals surface area contributed by atoms with Crippen molar-refractivity contribution in [3.8, 4) is 0 Å². The van der Waals surface area contributed by atoms with Gasteiger partial charge in [-0.05, 0) is 13.3 Å². The normalized spacial score (nSPS) is 9.45. The van der Waals surface area contributed by atoms with E-state index in [1.807, 2.05) is 0 Å². The third-order valence-corrected chi connectivity index (χ3v) is 1.40. The molecule has 0 bridgehead atoms. The number of hydrogen-bond donors (Lipinski definition) is 0. The molecule has 0 aliphatic rings. The molecule has 0 atom stereocenters. The molecule has 0 radical (unpaired) electrons. The predicted octanol–water partition coefficient (Wildman–Crippen LogP) is 4.56. The summed E-state index contributed by atoms with van der Waals surface area (Å²) in [6.45, 7) is 8.66. The molecule has 0 saturated carbocycles. The Balaban J connectivity index is 0. The fraction of sp³-hybridized carbons (Fsp3) is 0.818. The Morgan fingerprint density at radius 1 is 0.909 bits per heavy atom. The van der Waals surface area contributed by atoms with Crippen molar-refractivity contribution in [3.63, 3.8) is 0 Å². The van der Waals surface area contributed by atoms with Crippen molar-refractivity contribution in [3.05, 3.63) is 12.2 Å². The zero-order chi connectivity index (χ0) is 8.95. The largest absolute Gasteiger partial charge is 0.0917 e. The number of unbranched alkanes of at least 4 members (excludes halogenated alkanes) is 3. The molecule has 0 aromatic rings. The van der Waals surface area contributed by atoms with Gasteiger partial charge in [-0.15, -0.1) is 0 Å². The molecule has 0 aliphatic heterocycles. The van der Waals surface area contributed by atoms with E-state index < -0.39 is 0 Å². The van der Waals surface area contributed by atoms with E-state index in [0.717, 1.165) is 0 Å². The zero-order valence-corrected chi connectivity index (χ0v) is 8.69. The number of rotatable bonds is 4. The van der Waals surface area contributed by atoms with E-state index in [1.165, 1.54) is 32.1 Å². The first-order valence-corrected chi connectivity index (χ1v) is 4.94. The third-order valence-electron chi connectivity index (χ3n) is 1.40. The van der Waals surface area contributed by atoms with Crippen LogP contribution in [0.1, 0.15) is 59.8 Å². The molecule has 0 rings (SSSR count). The monoisotopic (exact) mass is 156 g/mol. The van der Waals surface area contributed by atoms with Crippen molar-refractivity contribution < 1.29 is 0 Å². The number of allylic oxidation sites excluding steroid dienone is 2. The van der Waals surface area contributed by atoms with Crippen LogP contribution in [0.3, 0.4) is 0 Å². The molecule has 11 heavy (non-hydrogen) atoms. The molecular weight excluding hydrogens is 132 g/mol. The van der Waals surface area contributed by atoms with E-state index in [-0.39, 0.29) is 0 Å². The average Bonchev–Trinajstić information content (AvgIpc) is 2.04. The molecule has 0 saturated heterocycles. The minimum Gasteiger partial charge on any atom is -0.0917 e. The van der Waals surface area contributed by atoms with Crippen LogP contribution in [0, 0.1) is 0 Å². The van der Waals surface area contributed by atoms with Crippen LogP contribution in [0.2, 0.25) is 0 Å². The second kappa shape index (κ2) is 16.4. The van der Waals surface area contributed by atoms with Gasteiger partial charge in [0.1, 0.15) is 0 Å². The van der Waals surface area contributed by atoms with Gasteiger partial charge in [-0.3, -0.25) is 0 Å². The van der Waals surface area contributed by atoms with Gasteiger partial charge in [-0.1, -0.05) is 58.6 Å². The summed E-state index contributed by atoms with van der Waals surface area (Å²) < 4.78 is 0. The van der Waals surface area contributed by atoms with Crippen LogP contribution in [0.25, 0.3) is 0 Å². The van der Waals surface area contributed by atoms with E-state index in [2.05, 4.69) is 39.8 Å². The summed E-state index contributed by atoms with van der Waals surface area (Å²) in [6.07, 6.45) is 10.8. The summed E-state index contributed by atoms with van der Waals surface area (Å²) >= 11 is 0. The lowest BCUT2D eigenvalue weighted by Gasteiger charge is -1.79. The summed E-state index contributed by atoms with van der Waals surface area (Å²) in [4.78, 5) is 0. The van der Waals surface area contributed by atoms with Crippen LogP contribution in [0.4, 0.5) is 0 Å². The van der Waals surface area contributed by atoms with Crippen molar-refractivity contribution >= 4 is 0 Å². The fourth-order valence-corrected chi connectivity index (χ4v) is 0.687. The van der Waals surface area contributed by atoms with Gasteiger partial charge in [0, 0.05) is 0 Å². The molecule has 0 aliphatic carbocycles. The van der Waals surface area contributed by atoms with Crippen LogP contribution in [0.5, 0.6) is 0 Å². The van der Waals surface area contributed by atoms with Crippen LogP contribution in [0.15, 0.2) is 12.2 Å². The average molecular weight is 156 g/mol. The second-order valence-corrected chi connectivity index (χ2v) is 2.71. The lowest BCUT2D eigenvalue weighted by atomic mass is 10.3. The fourth-order valence-electron chi connectivity index (χ4n) is 0.687. The Morgan fingerprint density at radius 2 is 1.45 bits per heavy atom. The second-order valence-electron chi connectivity index (χ2n) is 2.71. The first-order chi connectivity index (χ1) is 5.33. The number of hydrogen-bond acceptors (Lipinski definition) is 0. The van der Waals surface area contributed by atoms with Gasteiger partial charge in [0.15, 0.2) is 0 Å². The molecule has 0 heterocycles. The SMILES string of the molecule is C/C=C/CCC.CCCCC. The summed E-state index contributed by atoms with van der Waals surface area (Å²) in [5.41, 5.74) is 0. The minimum atomic E-state index is 1.23. The first-order valence-electron chi connectivity index (χ1n) is 4.94. The van der Waals surface area contributed by atoms with Crippen LogP contribution in [-0.4, -0.2) is 0 Å². The van der Waals surface area contributed by atoms with Gasteiger partial charge in [-0.25, -0.2) is 0 Å². The zero-order valence-electron chi connectivity index (χ0n) is 8.69. The molecular formula is C11H24. The van der Waals surface area contributed by atoms with Crippen molar-refractivity contribution in [2.45, 2.75) is 59.8 Å². The Morgan fingerprint density at radius 3 is 1.55 bits per heavy atom. The molecule has 0 fully saturated rings. The highest BCUT2D eigenvalue weighted by atomic mass is 13.7. The molecule has 0 nitrogen and oxygen atoms in total. The van der Waals surface area contributed by atoms with E-state index in [4.69, 9.17) is 0 Å². The molecule has 0 aromatic heterocycles. The minimum absolute atomic E-state index is 1.23. The predicted molar refractivity (Wildman–Crippen MR) is 54.9 cm³/mol. The Hall–Kier alpha value is -0.260.